The van der Waals surface area contributed by atoms with E-state index in [-0.39, 0.29) is 23.8 Å². The van der Waals surface area contributed by atoms with Gasteiger partial charge in [-0.15, -0.1) is 0 Å². The molecule has 1 saturated carbocycles. The Morgan fingerprint density at radius 1 is 1.00 bits per heavy atom. The SMILES string of the molecule is COC(=O)[C@H]1CCC[C@H]1C(=O)OC. The number of methoxy groups -OCH3 is 2. The minimum atomic E-state index is -0.298. The number of carbonyl (C=O) groups is 2. The van der Waals surface area contributed by atoms with Crippen molar-refractivity contribution in [3.8, 4) is 0 Å². The average molecular weight is 186 g/mol. The van der Waals surface area contributed by atoms with Gasteiger partial charge in [0, 0.05) is 0 Å². The average Bonchev–Trinajstić information content (AvgIpc) is 2.63. The lowest BCUT2D eigenvalue weighted by molar-refractivity contribution is -0.156. The van der Waals surface area contributed by atoms with Crippen LogP contribution in [-0.4, -0.2) is 26.2 Å². The van der Waals surface area contributed by atoms with Crippen molar-refractivity contribution in [1.82, 2.24) is 0 Å². The molecule has 0 bridgehead atoms. The van der Waals surface area contributed by atoms with E-state index >= 15 is 0 Å². The van der Waals surface area contributed by atoms with Gasteiger partial charge in [-0.1, -0.05) is 6.42 Å². The van der Waals surface area contributed by atoms with E-state index in [0.717, 1.165) is 19.3 Å². The van der Waals surface area contributed by atoms with Gasteiger partial charge in [0.2, 0.25) is 0 Å². The second kappa shape index (κ2) is 4.25. The Morgan fingerprint density at radius 2 is 1.38 bits per heavy atom. The second-order valence-corrected chi connectivity index (χ2v) is 3.19. The highest BCUT2D eigenvalue weighted by Gasteiger charge is 2.39. The fraction of sp³-hybridized carbons (Fsp3) is 0.778. The molecule has 74 valence electrons. The van der Waals surface area contributed by atoms with Gasteiger partial charge < -0.3 is 9.47 Å². The van der Waals surface area contributed by atoms with Crippen LogP contribution in [0.4, 0.5) is 0 Å². The van der Waals surface area contributed by atoms with Crippen molar-refractivity contribution in [1.29, 1.82) is 0 Å². The van der Waals surface area contributed by atoms with E-state index in [1.165, 1.54) is 14.2 Å². The maximum absolute atomic E-state index is 11.2. The molecule has 0 unspecified atom stereocenters. The van der Waals surface area contributed by atoms with Gasteiger partial charge in [0.1, 0.15) is 0 Å². The summed E-state index contributed by atoms with van der Waals surface area (Å²) in [6.45, 7) is 0. The Bertz CT molecular complexity index is 190. The van der Waals surface area contributed by atoms with Crippen LogP contribution in [0.2, 0.25) is 0 Å². The molecule has 0 aliphatic heterocycles. The van der Waals surface area contributed by atoms with Gasteiger partial charge in [0.25, 0.3) is 0 Å². The zero-order chi connectivity index (χ0) is 9.84. The fourth-order valence-electron chi connectivity index (χ4n) is 1.83. The quantitative estimate of drug-likeness (QED) is 0.597. The van der Waals surface area contributed by atoms with E-state index in [1.807, 2.05) is 0 Å². The van der Waals surface area contributed by atoms with Crippen LogP contribution in [0.25, 0.3) is 0 Å². The summed E-state index contributed by atoms with van der Waals surface area (Å²) in [6, 6.07) is 0. The van der Waals surface area contributed by atoms with Crippen molar-refractivity contribution in [2.75, 3.05) is 14.2 Å². The van der Waals surface area contributed by atoms with E-state index < -0.39 is 0 Å². The van der Waals surface area contributed by atoms with Crippen molar-refractivity contribution in [3.05, 3.63) is 0 Å². The molecule has 1 rings (SSSR count). The molecule has 1 aliphatic carbocycles. The van der Waals surface area contributed by atoms with Gasteiger partial charge in [-0.2, -0.15) is 0 Å². The van der Waals surface area contributed by atoms with Crippen molar-refractivity contribution in [2.24, 2.45) is 11.8 Å². The standard InChI is InChI=1S/C9H14O4/c1-12-8(10)6-4-3-5-7(6)9(11)13-2/h6-7H,3-5H2,1-2H3/t6-,7+. The highest BCUT2D eigenvalue weighted by atomic mass is 16.5. The molecule has 13 heavy (non-hydrogen) atoms. The first kappa shape index (κ1) is 10.0. The van der Waals surface area contributed by atoms with Gasteiger partial charge in [-0.05, 0) is 12.8 Å². The third-order valence-electron chi connectivity index (χ3n) is 2.52. The van der Waals surface area contributed by atoms with Gasteiger partial charge in [0.15, 0.2) is 0 Å². The number of esters is 2. The largest absolute Gasteiger partial charge is 0.469 e. The zero-order valence-corrected chi connectivity index (χ0v) is 7.91. The molecular weight excluding hydrogens is 172 g/mol. The Kier molecular flexibility index (Phi) is 3.28. The molecule has 0 saturated heterocycles. The van der Waals surface area contributed by atoms with E-state index in [1.54, 1.807) is 0 Å². The Labute approximate surface area is 77.2 Å². The number of hydrogen-bond acceptors (Lipinski definition) is 4. The van der Waals surface area contributed by atoms with Gasteiger partial charge in [0.05, 0.1) is 26.1 Å². The molecule has 0 radical (unpaired) electrons. The van der Waals surface area contributed by atoms with Crippen molar-refractivity contribution < 1.29 is 19.1 Å². The van der Waals surface area contributed by atoms with Crippen molar-refractivity contribution in [3.63, 3.8) is 0 Å². The Balaban J connectivity index is 2.63. The van der Waals surface area contributed by atoms with Gasteiger partial charge in [-0.25, -0.2) is 0 Å². The summed E-state index contributed by atoms with van der Waals surface area (Å²) in [7, 11) is 2.68. The molecule has 1 fully saturated rings. The van der Waals surface area contributed by atoms with Gasteiger partial charge in [-0.3, -0.25) is 9.59 Å². The van der Waals surface area contributed by atoms with Crippen LogP contribution >= 0.6 is 0 Å². The normalized spacial score (nSPS) is 26.9. The minimum Gasteiger partial charge on any atom is -0.469 e. The van der Waals surface area contributed by atoms with Crippen LogP contribution in [0.3, 0.4) is 0 Å². The smallest absolute Gasteiger partial charge is 0.309 e. The first-order valence-corrected chi connectivity index (χ1v) is 4.36. The molecule has 0 aromatic heterocycles. The molecule has 2 atom stereocenters. The molecule has 0 aromatic rings. The lowest BCUT2D eigenvalue weighted by Gasteiger charge is -2.14. The maximum Gasteiger partial charge on any atom is 0.309 e. The van der Waals surface area contributed by atoms with Crippen LogP contribution in [0, 0.1) is 11.8 Å². The lowest BCUT2D eigenvalue weighted by atomic mass is 9.96. The molecule has 0 N–H and O–H groups in total. The number of ether oxygens (including phenoxy) is 2. The topological polar surface area (TPSA) is 52.6 Å². The first-order valence-electron chi connectivity index (χ1n) is 4.36. The summed E-state index contributed by atoms with van der Waals surface area (Å²) >= 11 is 0. The summed E-state index contributed by atoms with van der Waals surface area (Å²) in [5, 5.41) is 0. The second-order valence-electron chi connectivity index (χ2n) is 3.19. The van der Waals surface area contributed by atoms with E-state index in [4.69, 9.17) is 0 Å². The third kappa shape index (κ3) is 1.99. The molecule has 4 heteroatoms. The first-order chi connectivity index (χ1) is 6.20. The van der Waals surface area contributed by atoms with E-state index in [9.17, 15) is 9.59 Å². The minimum absolute atomic E-state index is 0.294. The summed E-state index contributed by atoms with van der Waals surface area (Å²) in [4.78, 5) is 22.4. The maximum atomic E-state index is 11.2. The molecule has 0 amide bonds. The molecule has 1 aliphatic rings. The lowest BCUT2D eigenvalue weighted by Crippen LogP contribution is -2.27. The van der Waals surface area contributed by atoms with Crippen molar-refractivity contribution >= 4 is 11.9 Å². The summed E-state index contributed by atoms with van der Waals surface area (Å²) in [6.07, 6.45) is 2.35. The monoisotopic (exact) mass is 186 g/mol. The molecule has 4 nitrogen and oxygen atoms in total. The Morgan fingerprint density at radius 3 is 1.69 bits per heavy atom. The number of rotatable bonds is 2. The summed E-state index contributed by atoms with van der Waals surface area (Å²) < 4.78 is 9.22. The van der Waals surface area contributed by atoms with Crippen LogP contribution in [0.5, 0.6) is 0 Å². The van der Waals surface area contributed by atoms with E-state index in [0.29, 0.717) is 0 Å². The van der Waals surface area contributed by atoms with E-state index in [2.05, 4.69) is 9.47 Å². The van der Waals surface area contributed by atoms with Gasteiger partial charge >= 0.3 is 11.9 Å². The van der Waals surface area contributed by atoms with Crippen LogP contribution in [-0.2, 0) is 19.1 Å². The molecule has 0 heterocycles. The predicted octanol–water partition coefficient (Wildman–Crippen LogP) is 0.749. The predicted molar refractivity (Wildman–Crippen MR) is 44.9 cm³/mol. The fourth-order valence-corrected chi connectivity index (χ4v) is 1.83. The number of carbonyl (C=O) groups excluding carboxylic acids is 2. The summed E-state index contributed by atoms with van der Waals surface area (Å²) in [5.41, 5.74) is 0. The third-order valence-corrected chi connectivity index (χ3v) is 2.52. The molecule has 0 spiro atoms. The summed E-state index contributed by atoms with van der Waals surface area (Å²) in [5.74, 6) is -1.18. The van der Waals surface area contributed by atoms with Crippen LogP contribution in [0.1, 0.15) is 19.3 Å². The highest BCUT2D eigenvalue weighted by Crippen LogP contribution is 2.33. The molecular formula is C9H14O4. The zero-order valence-electron chi connectivity index (χ0n) is 7.91. The number of hydrogen-bond donors (Lipinski definition) is 0. The molecule has 0 aromatic carbocycles. The van der Waals surface area contributed by atoms with Crippen molar-refractivity contribution in [2.45, 2.75) is 19.3 Å². The van der Waals surface area contributed by atoms with Crippen LogP contribution < -0.4 is 0 Å². The van der Waals surface area contributed by atoms with Crippen LogP contribution in [0.15, 0.2) is 0 Å². The Hall–Kier alpha value is -1.06. The highest BCUT2D eigenvalue weighted by molar-refractivity contribution is 5.82.